The molecule has 0 fully saturated rings. The Morgan fingerprint density at radius 1 is 1.38 bits per heavy atom. The van der Waals surface area contributed by atoms with Gasteiger partial charge in [0, 0.05) is 30.0 Å². The fourth-order valence-electron chi connectivity index (χ4n) is 1.97. The van der Waals surface area contributed by atoms with Gasteiger partial charge in [0.25, 0.3) is 0 Å². The molecule has 21 heavy (non-hydrogen) atoms. The second-order valence-corrected chi connectivity index (χ2v) is 5.04. The van der Waals surface area contributed by atoms with Gasteiger partial charge >= 0.3 is 5.97 Å². The second-order valence-electron chi connectivity index (χ2n) is 5.04. The third-order valence-corrected chi connectivity index (χ3v) is 3.09. The number of nitrogens with one attached hydrogen (secondary N) is 1. The molecule has 1 heterocycles. The van der Waals surface area contributed by atoms with Gasteiger partial charge in [0.1, 0.15) is 0 Å². The SMILES string of the molecule is CCOC(=O)c1ccccc1NCc1cnn(C(C)C)c1. The van der Waals surface area contributed by atoms with Crippen LogP contribution < -0.4 is 5.32 Å². The van der Waals surface area contributed by atoms with Crippen molar-refractivity contribution in [3.8, 4) is 0 Å². The molecule has 0 aliphatic carbocycles. The third kappa shape index (κ3) is 3.84. The van der Waals surface area contributed by atoms with Crippen LogP contribution in [0.25, 0.3) is 0 Å². The zero-order valence-electron chi connectivity index (χ0n) is 12.7. The normalized spacial score (nSPS) is 10.7. The molecule has 0 unspecified atom stereocenters. The molecule has 0 saturated heterocycles. The van der Waals surface area contributed by atoms with E-state index in [1.807, 2.05) is 35.3 Å². The van der Waals surface area contributed by atoms with E-state index in [4.69, 9.17) is 4.74 Å². The lowest BCUT2D eigenvalue weighted by atomic mass is 10.1. The summed E-state index contributed by atoms with van der Waals surface area (Å²) in [6.45, 7) is 6.95. The Kier molecular flexibility index (Phi) is 4.98. The van der Waals surface area contributed by atoms with E-state index >= 15 is 0 Å². The van der Waals surface area contributed by atoms with Gasteiger partial charge in [-0.15, -0.1) is 0 Å². The molecule has 0 spiro atoms. The van der Waals surface area contributed by atoms with Gasteiger partial charge in [0.2, 0.25) is 0 Å². The number of carbonyl (C=O) groups excluding carboxylic acids is 1. The number of anilines is 1. The van der Waals surface area contributed by atoms with E-state index in [1.165, 1.54) is 0 Å². The van der Waals surface area contributed by atoms with Gasteiger partial charge in [0.05, 0.1) is 18.4 Å². The number of benzene rings is 1. The first-order valence-corrected chi connectivity index (χ1v) is 7.15. The van der Waals surface area contributed by atoms with Crippen molar-refractivity contribution in [2.75, 3.05) is 11.9 Å². The van der Waals surface area contributed by atoms with E-state index < -0.39 is 0 Å². The Hall–Kier alpha value is -2.30. The van der Waals surface area contributed by atoms with Gasteiger partial charge in [-0.2, -0.15) is 5.10 Å². The predicted octanol–water partition coefficient (Wildman–Crippen LogP) is 3.25. The number of rotatable bonds is 6. The van der Waals surface area contributed by atoms with Gasteiger partial charge in [-0.3, -0.25) is 4.68 Å². The first kappa shape index (κ1) is 15.1. The van der Waals surface area contributed by atoms with Crippen molar-refractivity contribution < 1.29 is 9.53 Å². The van der Waals surface area contributed by atoms with Gasteiger partial charge < -0.3 is 10.1 Å². The van der Waals surface area contributed by atoms with E-state index in [-0.39, 0.29) is 5.97 Å². The molecule has 112 valence electrons. The summed E-state index contributed by atoms with van der Waals surface area (Å²) in [7, 11) is 0. The molecule has 5 nitrogen and oxygen atoms in total. The number of ether oxygens (including phenoxy) is 1. The van der Waals surface area contributed by atoms with Crippen LogP contribution in [0.4, 0.5) is 5.69 Å². The summed E-state index contributed by atoms with van der Waals surface area (Å²) >= 11 is 0. The highest BCUT2D eigenvalue weighted by atomic mass is 16.5. The largest absolute Gasteiger partial charge is 0.462 e. The lowest BCUT2D eigenvalue weighted by molar-refractivity contribution is 0.0527. The fourth-order valence-corrected chi connectivity index (χ4v) is 1.97. The maximum Gasteiger partial charge on any atom is 0.340 e. The van der Waals surface area contributed by atoms with Crippen LogP contribution in [0.3, 0.4) is 0 Å². The van der Waals surface area contributed by atoms with Crippen LogP contribution >= 0.6 is 0 Å². The Morgan fingerprint density at radius 3 is 2.81 bits per heavy atom. The number of para-hydroxylation sites is 1. The summed E-state index contributed by atoms with van der Waals surface area (Å²) in [5, 5.41) is 7.57. The third-order valence-electron chi connectivity index (χ3n) is 3.09. The Balaban J connectivity index is 2.07. The quantitative estimate of drug-likeness (QED) is 0.829. The molecule has 0 aliphatic heterocycles. The summed E-state index contributed by atoms with van der Waals surface area (Å²) in [6.07, 6.45) is 3.84. The van der Waals surface area contributed by atoms with Crippen LogP contribution in [0.1, 0.15) is 42.7 Å². The molecule has 0 radical (unpaired) electrons. The minimum atomic E-state index is -0.307. The first-order valence-electron chi connectivity index (χ1n) is 7.15. The Bertz CT molecular complexity index is 605. The van der Waals surface area contributed by atoms with Gasteiger partial charge in [0.15, 0.2) is 0 Å². The van der Waals surface area contributed by atoms with Crippen LogP contribution in [0.2, 0.25) is 0 Å². The lowest BCUT2D eigenvalue weighted by Crippen LogP contribution is -2.09. The van der Waals surface area contributed by atoms with E-state index in [1.54, 1.807) is 13.0 Å². The fraction of sp³-hybridized carbons (Fsp3) is 0.375. The Morgan fingerprint density at radius 2 is 2.14 bits per heavy atom. The summed E-state index contributed by atoms with van der Waals surface area (Å²) in [5.41, 5.74) is 2.39. The number of esters is 1. The summed E-state index contributed by atoms with van der Waals surface area (Å²) in [5.74, 6) is -0.307. The molecule has 0 aliphatic rings. The van der Waals surface area contributed by atoms with Gasteiger partial charge in [-0.1, -0.05) is 12.1 Å². The maximum atomic E-state index is 11.9. The number of hydrogen-bond donors (Lipinski definition) is 1. The Labute approximate surface area is 124 Å². The number of aromatic nitrogens is 2. The molecule has 2 rings (SSSR count). The molecule has 0 bridgehead atoms. The zero-order valence-corrected chi connectivity index (χ0v) is 12.7. The van der Waals surface area contributed by atoms with Crippen LogP contribution in [0.5, 0.6) is 0 Å². The smallest absolute Gasteiger partial charge is 0.340 e. The summed E-state index contributed by atoms with van der Waals surface area (Å²) < 4.78 is 6.97. The second kappa shape index (κ2) is 6.92. The molecule has 0 amide bonds. The average Bonchev–Trinajstić information content (AvgIpc) is 2.95. The molecular formula is C16H21N3O2. The zero-order chi connectivity index (χ0) is 15.2. The highest BCUT2D eigenvalue weighted by molar-refractivity contribution is 5.95. The molecule has 1 aromatic carbocycles. The van der Waals surface area contributed by atoms with Crippen molar-refractivity contribution in [3.63, 3.8) is 0 Å². The van der Waals surface area contributed by atoms with Crippen molar-refractivity contribution in [2.45, 2.75) is 33.4 Å². The molecular weight excluding hydrogens is 266 g/mol. The molecule has 2 aromatic rings. The topological polar surface area (TPSA) is 56.1 Å². The summed E-state index contributed by atoms with van der Waals surface area (Å²) in [6, 6.07) is 7.69. The van der Waals surface area contributed by atoms with Crippen molar-refractivity contribution in [2.24, 2.45) is 0 Å². The van der Waals surface area contributed by atoms with Crippen LogP contribution in [-0.4, -0.2) is 22.4 Å². The lowest BCUT2D eigenvalue weighted by Gasteiger charge is -2.10. The van der Waals surface area contributed by atoms with Crippen molar-refractivity contribution >= 4 is 11.7 Å². The minimum absolute atomic E-state index is 0.307. The van der Waals surface area contributed by atoms with E-state index in [9.17, 15) is 4.79 Å². The molecule has 0 saturated carbocycles. The molecule has 1 N–H and O–H groups in total. The average molecular weight is 287 g/mol. The number of nitrogens with zero attached hydrogens (tertiary/aromatic N) is 2. The number of carbonyl (C=O) groups is 1. The highest BCUT2D eigenvalue weighted by Gasteiger charge is 2.11. The predicted molar refractivity (Wildman–Crippen MR) is 82.3 cm³/mol. The maximum absolute atomic E-state index is 11.9. The van der Waals surface area contributed by atoms with E-state index in [0.717, 1.165) is 11.3 Å². The van der Waals surface area contributed by atoms with Crippen LogP contribution in [0, 0.1) is 0 Å². The van der Waals surface area contributed by atoms with Crippen molar-refractivity contribution in [3.05, 3.63) is 47.8 Å². The molecule has 1 aromatic heterocycles. The van der Waals surface area contributed by atoms with E-state index in [0.29, 0.717) is 24.8 Å². The summed E-state index contributed by atoms with van der Waals surface area (Å²) in [4.78, 5) is 11.9. The molecule has 0 atom stereocenters. The molecule has 5 heteroatoms. The standard InChI is InChI=1S/C16H21N3O2/c1-4-21-16(20)14-7-5-6-8-15(14)17-9-13-10-18-19(11-13)12(2)3/h5-8,10-12,17H,4,9H2,1-3H3. The van der Waals surface area contributed by atoms with E-state index in [2.05, 4.69) is 24.3 Å². The number of hydrogen-bond acceptors (Lipinski definition) is 4. The van der Waals surface area contributed by atoms with Crippen molar-refractivity contribution in [1.29, 1.82) is 0 Å². The highest BCUT2D eigenvalue weighted by Crippen LogP contribution is 2.17. The minimum Gasteiger partial charge on any atom is -0.462 e. The van der Waals surface area contributed by atoms with Gasteiger partial charge in [-0.05, 0) is 32.9 Å². The van der Waals surface area contributed by atoms with Crippen LogP contribution in [-0.2, 0) is 11.3 Å². The van der Waals surface area contributed by atoms with Crippen LogP contribution in [0.15, 0.2) is 36.7 Å². The first-order chi connectivity index (χ1) is 10.1. The van der Waals surface area contributed by atoms with Gasteiger partial charge in [-0.25, -0.2) is 4.79 Å². The monoisotopic (exact) mass is 287 g/mol. The van der Waals surface area contributed by atoms with Crippen molar-refractivity contribution in [1.82, 2.24) is 9.78 Å².